The molecular weight excluding hydrogens is 387 g/mol. The molecule has 0 nitrogen and oxygen atoms in total. The monoisotopic (exact) mass is 404 g/mol. The molecular formula is C19H17PS4. The zero-order valence-electron chi connectivity index (χ0n) is 13.7. The fraction of sp³-hybridized carbons (Fsp3) is 0.158. The maximum absolute atomic E-state index is 5.94. The summed E-state index contributed by atoms with van der Waals surface area (Å²) in [5.41, 5.74) is 2.75. The first kappa shape index (κ1) is 16.7. The SMILES string of the molecule is CC1=CP(C)(=S)C(c2ccc(-c3ccc(-c4cccs4)s3)s2)=C1C. The van der Waals surface area contributed by atoms with Crippen LogP contribution in [0.25, 0.3) is 24.8 Å². The predicted molar refractivity (Wildman–Crippen MR) is 118 cm³/mol. The second-order valence-corrected chi connectivity index (χ2v) is 14.2. The molecule has 4 rings (SSSR count). The van der Waals surface area contributed by atoms with Gasteiger partial charge in [0.15, 0.2) is 0 Å². The van der Waals surface area contributed by atoms with Gasteiger partial charge in [0.05, 0.1) is 0 Å². The summed E-state index contributed by atoms with van der Waals surface area (Å²) in [7, 11) is 0. The second-order valence-electron chi connectivity index (χ2n) is 6.08. The Morgan fingerprint density at radius 3 is 1.96 bits per heavy atom. The molecule has 0 N–H and O–H groups in total. The summed E-state index contributed by atoms with van der Waals surface area (Å²) < 4.78 is 0. The number of thiophene rings is 3. The lowest BCUT2D eigenvalue weighted by Gasteiger charge is -2.12. The van der Waals surface area contributed by atoms with Crippen LogP contribution in [-0.4, -0.2) is 6.66 Å². The highest BCUT2D eigenvalue weighted by atomic mass is 32.4. The van der Waals surface area contributed by atoms with Gasteiger partial charge in [-0.1, -0.05) is 17.9 Å². The smallest absolute Gasteiger partial charge is 0.0449 e. The van der Waals surface area contributed by atoms with E-state index in [0.29, 0.717) is 0 Å². The van der Waals surface area contributed by atoms with E-state index in [1.54, 1.807) is 11.3 Å². The van der Waals surface area contributed by atoms with Crippen LogP contribution < -0.4 is 0 Å². The van der Waals surface area contributed by atoms with Gasteiger partial charge in [-0.25, -0.2) is 0 Å². The molecule has 0 saturated heterocycles. The quantitative estimate of drug-likeness (QED) is 0.399. The van der Waals surface area contributed by atoms with Crippen LogP contribution in [0.5, 0.6) is 0 Å². The van der Waals surface area contributed by atoms with Crippen LogP contribution >= 0.6 is 40.0 Å². The standard InChI is InChI=1S/C19H17PS4/c1-12-11-20(3,21)19(13(12)2)18-9-8-17(24-18)16-7-6-15(23-16)14-5-4-10-22-14/h4-11H,1-3H3. The van der Waals surface area contributed by atoms with E-state index in [2.05, 4.69) is 68.1 Å². The van der Waals surface area contributed by atoms with Crippen LogP contribution in [0.4, 0.5) is 0 Å². The van der Waals surface area contributed by atoms with E-state index in [9.17, 15) is 0 Å². The van der Waals surface area contributed by atoms with Gasteiger partial charge in [0.2, 0.25) is 0 Å². The average molecular weight is 405 g/mol. The van der Waals surface area contributed by atoms with Crippen molar-refractivity contribution < 1.29 is 0 Å². The van der Waals surface area contributed by atoms with E-state index in [1.807, 2.05) is 22.7 Å². The molecule has 0 radical (unpaired) electrons. The van der Waals surface area contributed by atoms with Crippen LogP contribution in [0, 0.1) is 0 Å². The molecule has 3 aromatic rings. The highest BCUT2D eigenvalue weighted by molar-refractivity contribution is 8.21. The van der Waals surface area contributed by atoms with Crippen molar-refractivity contribution in [2.75, 3.05) is 6.66 Å². The maximum Gasteiger partial charge on any atom is 0.0449 e. The van der Waals surface area contributed by atoms with Crippen molar-refractivity contribution in [3.63, 3.8) is 0 Å². The van der Waals surface area contributed by atoms with Crippen molar-refractivity contribution >= 4 is 57.2 Å². The molecule has 3 aromatic heterocycles. The molecule has 0 saturated carbocycles. The molecule has 5 heteroatoms. The molecule has 0 aromatic carbocycles. The Bertz CT molecular complexity index is 1010. The van der Waals surface area contributed by atoms with Crippen LogP contribution in [0.15, 0.2) is 58.7 Å². The summed E-state index contributed by atoms with van der Waals surface area (Å²) in [6.45, 7) is 6.66. The fourth-order valence-corrected chi connectivity index (χ4v) is 10.5. The van der Waals surface area contributed by atoms with E-state index in [4.69, 9.17) is 11.8 Å². The van der Waals surface area contributed by atoms with Crippen LogP contribution in [0.3, 0.4) is 0 Å². The Labute approximate surface area is 160 Å². The van der Waals surface area contributed by atoms with Gasteiger partial charge in [0.1, 0.15) is 0 Å². The number of hydrogen-bond donors (Lipinski definition) is 0. The van der Waals surface area contributed by atoms with Crippen molar-refractivity contribution in [1.29, 1.82) is 0 Å². The first-order valence-corrected chi connectivity index (χ1v) is 13.5. The van der Waals surface area contributed by atoms with E-state index < -0.39 is 6.04 Å². The maximum atomic E-state index is 5.94. The first-order chi connectivity index (χ1) is 11.5. The normalized spacial score (nSPS) is 20.7. The predicted octanol–water partition coefficient (Wildman–Crippen LogP) is 7.96. The molecule has 4 heterocycles. The molecule has 0 bridgehead atoms. The fourth-order valence-electron chi connectivity index (χ4n) is 3.07. The third-order valence-electron chi connectivity index (χ3n) is 4.28. The Kier molecular flexibility index (Phi) is 4.30. The Hall–Kier alpha value is -0.770. The zero-order chi connectivity index (χ0) is 16.9. The average Bonchev–Trinajstić information content (AvgIpc) is 3.27. The lowest BCUT2D eigenvalue weighted by molar-refractivity contribution is 1.39. The largest absolute Gasteiger partial charge is 0.143 e. The number of rotatable bonds is 3. The van der Waals surface area contributed by atoms with Crippen molar-refractivity contribution in [2.45, 2.75) is 13.8 Å². The van der Waals surface area contributed by atoms with E-state index >= 15 is 0 Å². The highest BCUT2D eigenvalue weighted by Gasteiger charge is 2.26. The number of hydrogen-bond acceptors (Lipinski definition) is 4. The molecule has 1 aliphatic rings. The van der Waals surface area contributed by atoms with Crippen LogP contribution in [0.1, 0.15) is 18.7 Å². The molecule has 1 aliphatic heterocycles. The number of allylic oxidation sites excluding steroid dienone is 2. The lowest BCUT2D eigenvalue weighted by atomic mass is 10.1. The van der Waals surface area contributed by atoms with Gasteiger partial charge in [0.25, 0.3) is 0 Å². The third kappa shape index (κ3) is 2.85. The minimum atomic E-state index is -1.53. The van der Waals surface area contributed by atoms with Gasteiger partial charge in [-0.2, -0.15) is 0 Å². The Morgan fingerprint density at radius 2 is 1.42 bits per heavy atom. The topological polar surface area (TPSA) is 0 Å². The van der Waals surface area contributed by atoms with E-state index in [1.165, 1.54) is 40.8 Å². The molecule has 0 spiro atoms. The Balaban J connectivity index is 1.71. The molecule has 0 aliphatic carbocycles. The molecule has 1 unspecified atom stereocenters. The van der Waals surface area contributed by atoms with Gasteiger partial charge in [-0.15, -0.1) is 34.0 Å². The second kappa shape index (κ2) is 6.19. The van der Waals surface area contributed by atoms with E-state index in [0.717, 1.165) is 0 Å². The van der Waals surface area contributed by atoms with Gasteiger partial charge in [-0.05, 0) is 73.2 Å². The van der Waals surface area contributed by atoms with E-state index in [-0.39, 0.29) is 0 Å². The minimum Gasteiger partial charge on any atom is -0.143 e. The summed E-state index contributed by atoms with van der Waals surface area (Å²) in [4.78, 5) is 6.75. The van der Waals surface area contributed by atoms with Gasteiger partial charge in [-0.3, -0.25) is 0 Å². The van der Waals surface area contributed by atoms with Crippen molar-refractivity contribution in [3.05, 3.63) is 63.6 Å². The highest BCUT2D eigenvalue weighted by Crippen LogP contribution is 2.65. The van der Waals surface area contributed by atoms with Gasteiger partial charge >= 0.3 is 0 Å². The minimum absolute atomic E-state index is 1.35. The van der Waals surface area contributed by atoms with Gasteiger partial charge in [0, 0.05) is 35.7 Å². The van der Waals surface area contributed by atoms with Crippen molar-refractivity contribution in [1.82, 2.24) is 0 Å². The Morgan fingerprint density at radius 1 is 0.833 bits per heavy atom. The molecule has 24 heavy (non-hydrogen) atoms. The van der Waals surface area contributed by atoms with Crippen LogP contribution in [-0.2, 0) is 11.8 Å². The molecule has 0 fully saturated rings. The third-order valence-corrected chi connectivity index (χ3v) is 11.1. The van der Waals surface area contributed by atoms with Crippen molar-refractivity contribution in [3.8, 4) is 19.5 Å². The summed E-state index contributed by atoms with van der Waals surface area (Å²) >= 11 is 11.5. The first-order valence-electron chi connectivity index (χ1n) is 7.68. The van der Waals surface area contributed by atoms with Crippen LogP contribution in [0.2, 0.25) is 0 Å². The summed E-state index contributed by atoms with van der Waals surface area (Å²) in [5.74, 6) is 2.33. The molecule has 0 amide bonds. The van der Waals surface area contributed by atoms with Crippen molar-refractivity contribution in [2.24, 2.45) is 0 Å². The summed E-state index contributed by atoms with van der Waals surface area (Å²) in [6.07, 6.45) is 0. The summed E-state index contributed by atoms with van der Waals surface area (Å²) in [6, 6.07) is 11.8. The summed E-state index contributed by atoms with van der Waals surface area (Å²) in [5, 5.41) is 3.55. The molecule has 122 valence electrons. The lowest BCUT2D eigenvalue weighted by Crippen LogP contribution is -1.80. The zero-order valence-corrected chi connectivity index (χ0v) is 17.9. The van der Waals surface area contributed by atoms with Gasteiger partial charge < -0.3 is 0 Å². The molecule has 1 atom stereocenters.